The standard InChI is InChI=1S/C41H24N2O/c42-25-28-19-21-39-41(33-15-7-9-17-38(33)44-39)40(28)35-24-29(22-27-10-4-5-13-31(27)35)26-18-20-37-34(23-26)32-14-6-8-16-36(32)43(37)30-11-2-1-3-12-30/h1-24H. The van der Waals surface area contributed by atoms with Gasteiger partial charge in [-0.1, -0.05) is 84.9 Å². The molecule has 3 heteroatoms. The molecule has 9 aromatic rings. The second kappa shape index (κ2) is 9.46. The lowest BCUT2D eigenvalue weighted by Gasteiger charge is -2.14. The Bertz CT molecular complexity index is 2620. The quantitative estimate of drug-likeness (QED) is 0.216. The van der Waals surface area contributed by atoms with Gasteiger partial charge in [0.1, 0.15) is 11.2 Å². The van der Waals surface area contributed by atoms with Gasteiger partial charge < -0.3 is 8.98 Å². The first-order valence-electron chi connectivity index (χ1n) is 14.7. The van der Waals surface area contributed by atoms with Crippen LogP contribution in [0.2, 0.25) is 0 Å². The molecule has 0 saturated heterocycles. The molecule has 0 fully saturated rings. The van der Waals surface area contributed by atoms with Crippen molar-refractivity contribution in [3.05, 3.63) is 151 Å². The lowest BCUT2D eigenvalue weighted by Crippen LogP contribution is -1.93. The highest BCUT2D eigenvalue weighted by Crippen LogP contribution is 2.43. The predicted octanol–water partition coefficient (Wildman–Crippen LogP) is 11.0. The fourth-order valence-corrected chi connectivity index (χ4v) is 6.88. The van der Waals surface area contributed by atoms with Crippen molar-refractivity contribution in [2.45, 2.75) is 0 Å². The van der Waals surface area contributed by atoms with E-state index in [0.717, 1.165) is 60.7 Å². The number of nitrogens with zero attached hydrogens (tertiary/aromatic N) is 2. The topological polar surface area (TPSA) is 41.9 Å². The third-order valence-corrected chi connectivity index (χ3v) is 8.82. The summed E-state index contributed by atoms with van der Waals surface area (Å²) in [5.41, 5.74) is 9.90. The maximum Gasteiger partial charge on any atom is 0.136 e. The number of hydrogen-bond donors (Lipinski definition) is 0. The number of rotatable bonds is 3. The van der Waals surface area contributed by atoms with Crippen molar-refractivity contribution in [3.8, 4) is 34.0 Å². The third-order valence-electron chi connectivity index (χ3n) is 8.82. The Labute approximate surface area is 253 Å². The van der Waals surface area contributed by atoms with Gasteiger partial charge in [-0.2, -0.15) is 5.26 Å². The first kappa shape index (κ1) is 24.5. The van der Waals surface area contributed by atoms with Gasteiger partial charge >= 0.3 is 0 Å². The summed E-state index contributed by atoms with van der Waals surface area (Å²) in [6.45, 7) is 0. The highest BCUT2D eigenvalue weighted by molar-refractivity contribution is 6.17. The first-order chi connectivity index (χ1) is 21.8. The van der Waals surface area contributed by atoms with E-state index in [1.807, 2.05) is 30.3 Å². The molecule has 0 unspecified atom stereocenters. The fraction of sp³-hybridized carbons (Fsp3) is 0. The van der Waals surface area contributed by atoms with Crippen LogP contribution in [0.25, 0.3) is 82.5 Å². The Morgan fingerprint density at radius 2 is 1.25 bits per heavy atom. The molecule has 44 heavy (non-hydrogen) atoms. The zero-order valence-electron chi connectivity index (χ0n) is 23.7. The Morgan fingerprint density at radius 1 is 0.523 bits per heavy atom. The lowest BCUT2D eigenvalue weighted by atomic mass is 9.88. The van der Waals surface area contributed by atoms with Crippen LogP contribution in [0, 0.1) is 11.3 Å². The molecule has 0 saturated carbocycles. The van der Waals surface area contributed by atoms with Crippen LogP contribution >= 0.6 is 0 Å². The van der Waals surface area contributed by atoms with Gasteiger partial charge in [-0.15, -0.1) is 0 Å². The van der Waals surface area contributed by atoms with Crippen LogP contribution in [-0.2, 0) is 0 Å². The fourth-order valence-electron chi connectivity index (χ4n) is 6.88. The average molecular weight is 561 g/mol. The number of hydrogen-bond acceptors (Lipinski definition) is 2. The van der Waals surface area contributed by atoms with Crippen LogP contribution in [0.3, 0.4) is 0 Å². The molecule has 0 N–H and O–H groups in total. The molecule has 204 valence electrons. The Balaban J connectivity index is 1.34. The molecule has 0 spiro atoms. The number of aromatic nitrogens is 1. The summed E-state index contributed by atoms with van der Waals surface area (Å²) in [6, 6.07) is 53.2. The predicted molar refractivity (Wildman–Crippen MR) is 181 cm³/mol. The van der Waals surface area contributed by atoms with Crippen LogP contribution in [0.1, 0.15) is 5.56 Å². The van der Waals surface area contributed by atoms with Crippen LogP contribution in [0.4, 0.5) is 0 Å². The Kier molecular flexibility index (Phi) is 5.26. The summed E-state index contributed by atoms with van der Waals surface area (Å²) in [6.07, 6.45) is 0. The minimum Gasteiger partial charge on any atom is -0.456 e. The smallest absolute Gasteiger partial charge is 0.136 e. The molecule has 0 radical (unpaired) electrons. The maximum atomic E-state index is 10.3. The number of furan rings is 1. The van der Waals surface area contributed by atoms with Crippen LogP contribution < -0.4 is 0 Å². The number of para-hydroxylation sites is 3. The molecule has 9 rings (SSSR count). The molecule has 7 aromatic carbocycles. The largest absolute Gasteiger partial charge is 0.456 e. The third kappa shape index (κ3) is 3.55. The first-order valence-corrected chi connectivity index (χ1v) is 14.7. The average Bonchev–Trinajstić information content (AvgIpc) is 3.63. The van der Waals surface area contributed by atoms with E-state index in [0.29, 0.717) is 5.56 Å². The van der Waals surface area contributed by atoms with Gasteiger partial charge in [0, 0.05) is 32.8 Å². The molecule has 3 nitrogen and oxygen atoms in total. The highest BCUT2D eigenvalue weighted by atomic mass is 16.3. The molecule has 0 aliphatic rings. The van der Waals surface area contributed by atoms with Gasteiger partial charge in [0.25, 0.3) is 0 Å². The molecule has 0 atom stereocenters. The van der Waals surface area contributed by atoms with E-state index in [2.05, 4.69) is 126 Å². The van der Waals surface area contributed by atoms with Crippen molar-refractivity contribution >= 4 is 54.5 Å². The molecule has 2 heterocycles. The molecule has 2 aromatic heterocycles. The lowest BCUT2D eigenvalue weighted by molar-refractivity contribution is 0.669. The monoisotopic (exact) mass is 560 g/mol. The molecule has 0 aliphatic carbocycles. The van der Waals surface area contributed by atoms with Crippen LogP contribution in [0.15, 0.2) is 150 Å². The molecule has 0 aliphatic heterocycles. The van der Waals surface area contributed by atoms with Gasteiger partial charge in [-0.3, -0.25) is 0 Å². The maximum absolute atomic E-state index is 10.3. The summed E-state index contributed by atoms with van der Waals surface area (Å²) in [5.74, 6) is 0. The SMILES string of the molecule is N#Cc1ccc2oc3ccccc3c2c1-c1cc(-c2ccc3c(c2)c2ccccc2n3-c2ccccc2)cc2ccccc12. The van der Waals surface area contributed by atoms with Gasteiger partial charge in [-0.25, -0.2) is 0 Å². The van der Waals surface area contributed by atoms with E-state index in [4.69, 9.17) is 4.42 Å². The zero-order chi connectivity index (χ0) is 29.2. The van der Waals surface area contributed by atoms with E-state index in [9.17, 15) is 5.26 Å². The van der Waals surface area contributed by atoms with Crippen LogP contribution in [-0.4, -0.2) is 4.57 Å². The summed E-state index contributed by atoms with van der Waals surface area (Å²) in [7, 11) is 0. The van der Waals surface area contributed by atoms with Crippen molar-refractivity contribution < 1.29 is 4.42 Å². The molecule has 0 bridgehead atoms. The van der Waals surface area contributed by atoms with Crippen molar-refractivity contribution in [2.75, 3.05) is 0 Å². The Hall–Kier alpha value is -6.11. The van der Waals surface area contributed by atoms with Crippen molar-refractivity contribution in [2.24, 2.45) is 0 Å². The normalized spacial score (nSPS) is 11.6. The van der Waals surface area contributed by atoms with Gasteiger partial charge in [0.15, 0.2) is 0 Å². The molecular formula is C41H24N2O. The highest BCUT2D eigenvalue weighted by Gasteiger charge is 2.20. The van der Waals surface area contributed by atoms with Crippen molar-refractivity contribution in [1.29, 1.82) is 5.26 Å². The van der Waals surface area contributed by atoms with E-state index < -0.39 is 0 Å². The summed E-state index contributed by atoms with van der Waals surface area (Å²) in [4.78, 5) is 0. The van der Waals surface area contributed by atoms with Crippen molar-refractivity contribution in [1.82, 2.24) is 4.57 Å². The second-order valence-electron chi connectivity index (χ2n) is 11.2. The number of nitriles is 1. The number of benzene rings is 7. The second-order valence-corrected chi connectivity index (χ2v) is 11.2. The van der Waals surface area contributed by atoms with E-state index in [1.54, 1.807) is 0 Å². The number of fused-ring (bicyclic) bond motifs is 7. The summed E-state index contributed by atoms with van der Waals surface area (Å²) in [5, 5.41) is 17.0. The van der Waals surface area contributed by atoms with Crippen molar-refractivity contribution in [3.63, 3.8) is 0 Å². The van der Waals surface area contributed by atoms with Gasteiger partial charge in [0.05, 0.1) is 22.7 Å². The molecular weight excluding hydrogens is 536 g/mol. The van der Waals surface area contributed by atoms with E-state index in [-0.39, 0.29) is 0 Å². The van der Waals surface area contributed by atoms with Gasteiger partial charge in [0.2, 0.25) is 0 Å². The summed E-state index contributed by atoms with van der Waals surface area (Å²) < 4.78 is 8.59. The van der Waals surface area contributed by atoms with E-state index in [1.165, 1.54) is 21.8 Å². The van der Waals surface area contributed by atoms with Crippen LogP contribution in [0.5, 0.6) is 0 Å². The van der Waals surface area contributed by atoms with E-state index >= 15 is 0 Å². The van der Waals surface area contributed by atoms with Gasteiger partial charge in [-0.05, 0) is 88.1 Å². The Morgan fingerprint density at radius 3 is 2.11 bits per heavy atom. The minimum atomic E-state index is 0.632. The molecule has 0 amide bonds. The zero-order valence-corrected chi connectivity index (χ0v) is 23.7. The summed E-state index contributed by atoms with van der Waals surface area (Å²) >= 11 is 0. The minimum absolute atomic E-state index is 0.632.